The van der Waals surface area contributed by atoms with Gasteiger partial charge in [0.05, 0.1) is 13.2 Å². The van der Waals surface area contributed by atoms with Crippen molar-refractivity contribution >= 4 is 11.4 Å². The first-order valence-electron chi connectivity index (χ1n) is 8.77. The van der Waals surface area contributed by atoms with Crippen LogP contribution in [0.15, 0.2) is 60.7 Å². The van der Waals surface area contributed by atoms with Crippen molar-refractivity contribution in [2.45, 2.75) is 13.8 Å². The van der Waals surface area contributed by atoms with Gasteiger partial charge in [0.15, 0.2) is 0 Å². The lowest BCUT2D eigenvalue weighted by Crippen LogP contribution is -1.99. The Morgan fingerprint density at radius 3 is 1.27 bits per heavy atom. The molecule has 0 saturated carbocycles. The average molecular weight is 348 g/mol. The highest BCUT2D eigenvalue weighted by Crippen LogP contribution is 2.41. The van der Waals surface area contributed by atoms with Crippen LogP contribution in [0, 0.1) is 0 Å². The summed E-state index contributed by atoms with van der Waals surface area (Å²) in [5.41, 5.74) is 17.1. The second-order valence-electron chi connectivity index (χ2n) is 5.95. The summed E-state index contributed by atoms with van der Waals surface area (Å²) in [6, 6.07) is 19.6. The molecule has 0 bridgehead atoms. The molecule has 3 rings (SSSR count). The van der Waals surface area contributed by atoms with Crippen LogP contribution < -0.4 is 20.9 Å². The van der Waals surface area contributed by atoms with E-state index in [2.05, 4.69) is 0 Å². The van der Waals surface area contributed by atoms with Crippen LogP contribution in [0.2, 0.25) is 0 Å². The highest BCUT2D eigenvalue weighted by Gasteiger charge is 2.15. The van der Waals surface area contributed by atoms with Gasteiger partial charge in [-0.15, -0.1) is 0 Å². The number of rotatable bonds is 6. The lowest BCUT2D eigenvalue weighted by atomic mass is 9.97. The average Bonchev–Trinajstić information content (AvgIpc) is 2.64. The molecule has 0 aromatic heterocycles. The van der Waals surface area contributed by atoms with E-state index in [4.69, 9.17) is 20.9 Å². The molecular weight excluding hydrogens is 324 g/mol. The Bertz CT molecular complexity index is 797. The third-order valence-electron chi connectivity index (χ3n) is 4.12. The molecule has 0 atom stereocenters. The Morgan fingerprint density at radius 1 is 0.615 bits per heavy atom. The molecular formula is C22H24N2O2. The SMILES string of the molecule is CCOc1cc(-c2ccc(N)cc2)c(OCC)cc1-c1ccc(N)cc1. The van der Waals surface area contributed by atoms with Gasteiger partial charge in [-0.3, -0.25) is 0 Å². The van der Waals surface area contributed by atoms with Gasteiger partial charge in [0.1, 0.15) is 11.5 Å². The van der Waals surface area contributed by atoms with E-state index >= 15 is 0 Å². The molecule has 0 aliphatic carbocycles. The maximum atomic E-state index is 5.93. The van der Waals surface area contributed by atoms with Crippen LogP contribution in [0.5, 0.6) is 11.5 Å². The molecule has 4 N–H and O–H groups in total. The van der Waals surface area contributed by atoms with Crippen molar-refractivity contribution in [3.05, 3.63) is 60.7 Å². The monoisotopic (exact) mass is 348 g/mol. The van der Waals surface area contributed by atoms with Gasteiger partial charge < -0.3 is 20.9 Å². The largest absolute Gasteiger partial charge is 0.493 e. The predicted molar refractivity (Wildman–Crippen MR) is 108 cm³/mol. The normalized spacial score (nSPS) is 10.5. The van der Waals surface area contributed by atoms with Crippen molar-refractivity contribution in [2.24, 2.45) is 0 Å². The topological polar surface area (TPSA) is 70.5 Å². The highest BCUT2D eigenvalue weighted by molar-refractivity contribution is 5.82. The molecule has 0 spiro atoms. The van der Waals surface area contributed by atoms with E-state index in [1.54, 1.807) is 0 Å². The molecule has 3 aromatic rings. The Hall–Kier alpha value is -3.14. The van der Waals surface area contributed by atoms with Gasteiger partial charge in [0, 0.05) is 22.5 Å². The molecule has 26 heavy (non-hydrogen) atoms. The van der Waals surface area contributed by atoms with Gasteiger partial charge in [-0.05, 0) is 61.4 Å². The molecule has 0 radical (unpaired) electrons. The summed E-state index contributed by atoms with van der Waals surface area (Å²) in [4.78, 5) is 0. The Kier molecular flexibility index (Phi) is 5.32. The molecule has 0 amide bonds. The summed E-state index contributed by atoms with van der Waals surface area (Å²) < 4.78 is 11.9. The maximum Gasteiger partial charge on any atom is 0.127 e. The van der Waals surface area contributed by atoms with E-state index in [-0.39, 0.29) is 0 Å². The first-order chi connectivity index (χ1) is 12.6. The van der Waals surface area contributed by atoms with Crippen molar-refractivity contribution in [3.63, 3.8) is 0 Å². The number of ether oxygens (including phenoxy) is 2. The van der Waals surface area contributed by atoms with Crippen LogP contribution in [0.4, 0.5) is 11.4 Å². The second kappa shape index (κ2) is 7.83. The fourth-order valence-corrected chi connectivity index (χ4v) is 2.89. The summed E-state index contributed by atoms with van der Waals surface area (Å²) in [6.45, 7) is 5.12. The number of nitrogen functional groups attached to an aromatic ring is 2. The zero-order valence-corrected chi connectivity index (χ0v) is 15.2. The Labute approximate surface area is 154 Å². The number of anilines is 2. The molecule has 0 aliphatic heterocycles. The highest BCUT2D eigenvalue weighted by atomic mass is 16.5. The van der Waals surface area contributed by atoms with Crippen molar-refractivity contribution < 1.29 is 9.47 Å². The number of hydrogen-bond acceptors (Lipinski definition) is 4. The minimum atomic E-state index is 0.580. The summed E-state index contributed by atoms with van der Waals surface area (Å²) >= 11 is 0. The van der Waals surface area contributed by atoms with E-state index < -0.39 is 0 Å². The molecule has 0 saturated heterocycles. The van der Waals surface area contributed by atoms with Crippen molar-refractivity contribution in [1.29, 1.82) is 0 Å². The van der Waals surface area contributed by atoms with Crippen molar-refractivity contribution in [1.82, 2.24) is 0 Å². The van der Waals surface area contributed by atoms with Crippen molar-refractivity contribution in [2.75, 3.05) is 24.7 Å². The molecule has 4 heteroatoms. The van der Waals surface area contributed by atoms with Gasteiger partial charge in [-0.2, -0.15) is 0 Å². The minimum Gasteiger partial charge on any atom is -0.493 e. The van der Waals surface area contributed by atoms with E-state index in [0.29, 0.717) is 13.2 Å². The predicted octanol–water partition coefficient (Wildman–Crippen LogP) is 4.98. The van der Waals surface area contributed by atoms with Gasteiger partial charge in [0.25, 0.3) is 0 Å². The quantitative estimate of drug-likeness (QED) is 0.616. The van der Waals surface area contributed by atoms with Crippen LogP contribution in [0.25, 0.3) is 22.3 Å². The number of benzene rings is 3. The third-order valence-corrected chi connectivity index (χ3v) is 4.12. The molecule has 3 aromatic carbocycles. The van der Waals surface area contributed by atoms with E-state index in [0.717, 1.165) is 45.1 Å². The van der Waals surface area contributed by atoms with Crippen LogP contribution in [0.1, 0.15) is 13.8 Å². The summed E-state index contributed by atoms with van der Waals surface area (Å²) in [5.74, 6) is 1.63. The summed E-state index contributed by atoms with van der Waals surface area (Å²) in [7, 11) is 0. The van der Waals surface area contributed by atoms with Crippen LogP contribution in [-0.4, -0.2) is 13.2 Å². The van der Waals surface area contributed by atoms with Crippen LogP contribution in [0.3, 0.4) is 0 Å². The second-order valence-corrected chi connectivity index (χ2v) is 5.95. The zero-order chi connectivity index (χ0) is 18.5. The third kappa shape index (κ3) is 3.75. The molecule has 0 aliphatic rings. The van der Waals surface area contributed by atoms with E-state index in [9.17, 15) is 0 Å². The molecule has 4 nitrogen and oxygen atoms in total. The summed E-state index contributed by atoms with van der Waals surface area (Å²) in [5, 5.41) is 0. The minimum absolute atomic E-state index is 0.580. The molecule has 0 heterocycles. The van der Waals surface area contributed by atoms with Crippen LogP contribution in [-0.2, 0) is 0 Å². The zero-order valence-electron chi connectivity index (χ0n) is 15.2. The lowest BCUT2D eigenvalue weighted by Gasteiger charge is -2.17. The summed E-state index contributed by atoms with van der Waals surface area (Å²) in [6.07, 6.45) is 0. The smallest absolute Gasteiger partial charge is 0.127 e. The van der Waals surface area contributed by atoms with Crippen LogP contribution >= 0.6 is 0 Å². The molecule has 0 fully saturated rings. The first kappa shape index (κ1) is 17.7. The Balaban J connectivity index is 2.17. The van der Waals surface area contributed by atoms with Gasteiger partial charge in [-0.25, -0.2) is 0 Å². The molecule has 134 valence electrons. The Morgan fingerprint density at radius 2 is 0.962 bits per heavy atom. The number of nitrogens with two attached hydrogens (primary N) is 2. The van der Waals surface area contributed by atoms with Gasteiger partial charge >= 0.3 is 0 Å². The van der Waals surface area contributed by atoms with Gasteiger partial charge in [-0.1, -0.05) is 24.3 Å². The number of hydrogen-bond donors (Lipinski definition) is 2. The fourth-order valence-electron chi connectivity index (χ4n) is 2.89. The lowest BCUT2D eigenvalue weighted by molar-refractivity contribution is 0.333. The maximum absolute atomic E-state index is 5.93. The molecule has 0 unspecified atom stereocenters. The van der Waals surface area contributed by atoms with Crippen molar-refractivity contribution in [3.8, 4) is 33.8 Å². The van der Waals surface area contributed by atoms with Gasteiger partial charge in [0.2, 0.25) is 0 Å². The van der Waals surface area contributed by atoms with E-state index in [1.165, 1.54) is 0 Å². The fraction of sp³-hybridized carbons (Fsp3) is 0.182. The van der Waals surface area contributed by atoms with E-state index in [1.807, 2.05) is 74.5 Å². The first-order valence-corrected chi connectivity index (χ1v) is 8.77. The standard InChI is InChI=1S/C22H24N2O2/c1-3-25-21-13-20(16-7-11-18(24)12-8-16)22(26-4-2)14-19(21)15-5-9-17(23)10-6-15/h5-14H,3-4,23-24H2,1-2H3.